The number of rotatable bonds is 6. The topological polar surface area (TPSA) is 131 Å². The van der Waals surface area contributed by atoms with Gasteiger partial charge in [-0.2, -0.15) is 5.10 Å². The van der Waals surface area contributed by atoms with Crippen molar-refractivity contribution in [3.05, 3.63) is 17.5 Å². The number of anilines is 1. The largest absolute Gasteiger partial charge is 0.481 e. The molecule has 0 radical (unpaired) electrons. The fourth-order valence-corrected chi connectivity index (χ4v) is 6.11. The number of aryl methyl sites for hydroxylation is 2. The summed E-state index contributed by atoms with van der Waals surface area (Å²) in [6.45, 7) is 6.34. The Labute approximate surface area is 210 Å². The molecule has 0 saturated heterocycles. The lowest BCUT2D eigenvalue weighted by molar-refractivity contribution is -0.142. The van der Waals surface area contributed by atoms with Gasteiger partial charge in [-0.05, 0) is 65.2 Å². The minimum absolute atomic E-state index is 0.00991. The van der Waals surface area contributed by atoms with Crippen LogP contribution >= 0.6 is 0 Å². The van der Waals surface area contributed by atoms with Crippen molar-refractivity contribution in [2.24, 2.45) is 11.1 Å². The Bertz CT molecular complexity index is 1190. The second kappa shape index (κ2) is 9.71. The average Bonchev–Trinajstić information content (AvgIpc) is 3.42. The molecule has 2 aliphatic carbocycles. The van der Waals surface area contributed by atoms with Crippen molar-refractivity contribution < 1.29 is 19.5 Å². The van der Waals surface area contributed by atoms with Gasteiger partial charge in [0, 0.05) is 43.7 Å². The Morgan fingerprint density at radius 3 is 2.53 bits per heavy atom. The predicted octanol–water partition coefficient (Wildman–Crippen LogP) is 3.76. The molecule has 1 aliphatic heterocycles. The van der Waals surface area contributed by atoms with Gasteiger partial charge in [-0.3, -0.25) is 9.59 Å². The van der Waals surface area contributed by atoms with Gasteiger partial charge in [0.05, 0.1) is 28.4 Å². The Kier molecular flexibility index (Phi) is 6.61. The Morgan fingerprint density at radius 1 is 1.17 bits per heavy atom. The number of carboxylic acid groups (broad SMARTS) is 1. The van der Waals surface area contributed by atoms with E-state index >= 15 is 0 Å². The molecule has 10 heteroatoms. The first kappa shape index (κ1) is 24.5. The number of hydrogen-bond donors (Lipinski definition) is 3. The zero-order valence-electron chi connectivity index (χ0n) is 21.3. The number of carbonyl (C=O) groups is 2. The van der Waals surface area contributed by atoms with E-state index in [4.69, 9.17) is 14.9 Å². The van der Waals surface area contributed by atoms with Crippen LogP contribution in [0.3, 0.4) is 0 Å². The third-order valence-corrected chi connectivity index (χ3v) is 8.11. The lowest BCUT2D eigenvalue weighted by atomic mass is 9.78. The molecule has 1 spiro atoms. The fourth-order valence-electron chi connectivity index (χ4n) is 6.11. The van der Waals surface area contributed by atoms with E-state index in [0.29, 0.717) is 19.3 Å². The monoisotopic (exact) mass is 496 g/mol. The van der Waals surface area contributed by atoms with E-state index < -0.39 is 5.97 Å². The number of amides is 1. The van der Waals surface area contributed by atoms with Gasteiger partial charge >= 0.3 is 5.97 Å². The summed E-state index contributed by atoms with van der Waals surface area (Å²) < 4.78 is 1.92. The maximum atomic E-state index is 11.5. The lowest BCUT2D eigenvalue weighted by Crippen LogP contribution is -2.43. The van der Waals surface area contributed by atoms with Crippen LogP contribution in [0.15, 0.2) is 11.4 Å². The summed E-state index contributed by atoms with van der Waals surface area (Å²) in [7, 11) is 0. The fraction of sp³-hybridized carbons (Fsp3) is 0.654. The summed E-state index contributed by atoms with van der Waals surface area (Å²) in [5.74, 6) is -0.947. The molecule has 2 fully saturated rings. The first-order chi connectivity index (χ1) is 17.3. The quantitative estimate of drug-likeness (QED) is 0.555. The second-order valence-electron chi connectivity index (χ2n) is 10.6. The van der Waals surface area contributed by atoms with Gasteiger partial charge in [0.2, 0.25) is 5.91 Å². The van der Waals surface area contributed by atoms with Crippen LogP contribution in [0.1, 0.15) is 82.9 Å². The van der Waals surface area contributed by atoms with Crippen molar-refractivity contribution in [2.45, 2.75) is 103 Å². The zero-order valence-corrected chi connectivity index (χ0v) is 21.3. The number of aliphatic carboxylic acids is 1. The minimum atomic E-state index is -0.698. The van der Waals surface area contributed by atoms with Crippen molar-refractivity contribution in [3.8, 4) is 0 Å². The summed E-state index contributed by atoms with van der Waals surface area (Å²) in [5.41, 5.74) is 4.20. The zero-order chi connectivity index (χ0) is 25.4. The van der Waals surface area contributed by atoms with E-state index in [-0.39, 0.29) is 29.5 Å². The van der Waals surface area contributed by atoms with Crippen LogP contribution in [0.4, 0.5) is 5.69 Å². The highest BCUT2D eigenvalue weighted by Gasteiger charge is 2.43. The molecule has 0 unspecified atom stereocenters. The van der Waals surface area contributed by atoms with E-state index in [1.807, 2.05) is 17.8 Å². The Morgan fingerprint density at radius 2 is 1.89 bits per heavy atom. The van der Waals surface area contributed by atoms with Crippen molar-refractivity contribution in [1.82, 2.24) is 20.1 Å². The van der Waals surface area contributed by atoms with Gasteiger partial charge < -0.3 is 20.6 Å². The minimum Gasteiger partial charge on any atom is -0.481 e. The standard InChI is InChI=1S/C26H36N6O4/c1-4-32-24-22(15(2)30-32)23(29-18-7-5-17(6-8-18)25(34)35)20(14-27-24)21-13-26(36-31-21)11-9-19(10-12-26)28-16(3)33/h14,17-19H,4-13H2,1-3H3,(H,27,29)(H,28,33)(H,34,35). The van der Waals surface area contributed by atoms with E-state index in [1.54, 1.807) is 6.92 Å². The normalized spacial score (nSPS) is 28.1. The molecular weight excluding hydrogens is 460 g/mol. The van der Waals surface area contributed by atoms with Gasteiger partial charge in [0.15, 0.2) is 5.65 Å². The smallest absolute Gasteiger partial charge is 0.306 e. The van der Waals surface area contributed by atoms with E-state index in [9.17, 15) is 14.7 Å². The van der Waals surface area contributed by atoms with Crippen LogP contribution in [0, 0.1) is 12.8 Å². The van der Waals surface area contributed by atoms with Crippen molar-refractivity contribution >= 4 is 34.3 Å². The molecule has 2 aromatic heterocycles. The van der Waals surface area contributed by atoms with Crippen LogP contribution in [-0.2, 0) is 21.0 Å². The first-order valence-electron chi connectivity index (χ1n) is 13.2. The summed E-state index contributed by atoms with van der Waals surface area (Å²) in [5, 5.41) is 26.5. The molecule has 0 atom stereocenters. The van der Waals surface area contributed by atoms with Gasteiger partial charge in [0.1, 0.15) is 5.60 Å². The van der Waals surface area contributed by atoms with Crippen molar-refractivity contribution in [1.29, 1.82) is 0 Å². The second-order valence-corrected chi connectivity index (χ2v) is 10.6. The van der Waals surface area contributed by atoms with Gasteiger partial charge in [-0.15, -0.1) is 0 Å². The van der Waals surface area contributed by atoms with Crippen molar-refractivity contribution in [2.75, 3.05) is 5.32 Å². The molecule has 0 aromatic carbocycles. The summed E-state index contributed by atoms with van der Waals surface area (Å²) in [4.78, 5) is 33.8. The number of aromatic nitrogens is 3. The molecule has 0 bridgehead atoms. The third-order valence-electron chi connectivity index (χ3n) is 8.11. The number of fused-ring (bicyclic) bond motifs is 1. The molecule has 1 amide bonds. The van der Waals surface area contributed by atoms with E-state index in [1.165, 1.54) is 0 Å². The van der Waals surface area contributed by atoms with Crippen LogP contribution < -0.4 is 10.6 Å². The number of carboxylic acids is 1. The number of nitrogens with zero attached hydrogens (tertiary/aromatic N) is 4. The number of carbonyl (C=O) groups excluding carboxylic acids is 1. The third kappa shape index (κ3) is 4.65. The van der Waals surface area contributed by atoms with Crippen LogP contribution in [0.2, 0.25) is 0 Å². The Balaban J connectivity index is 1.41. The molecule has 194 valence electrons. The molecular formula is C26H36N6O4. The van der Waals surface area contributed by atoms with Gasteiger partial charge in [-0.25, -0.2) is 9.67 Å². The molecule has 5 rings (SSSR count). The highest BCUT2D eigenvalue weighted by molar-refractivity contribution is 6.11. The first-order valence-corrected chi connectivity index (χ1v) is 13.2. The molecule has 2 aromatic rings. The van der Waals surface area contributed by atoms with Gasteiger partial charge in [0.25, 0.3) is 0 Å². The highest BCUT2D eigenvalue weighted by atomic mass is 16.7. The maximum Gasteiger partial charge on any atom is 0.306 e. The maximum absolute atomic E-state index is 11.5. The summed E-state index contributed by atoms with van der Waals surface area (Å²) >= 11 is 0. The molecule has 2 saturated carbocycles. The summed E-state index contributed by atoms with van der Waals surface area (Å²) in [6.07, 6.45) is 8.97. The summed E-state index contributed by atoms with van der Waals surface area (Å²) in [6, 6.07) is 0.374. The number of hydrogen-bond acceptors (Lipinski definition) is 7. The van der Waals surface area contributed by atoms with E-state index in [0.717, 1.165) is 78.8 Å². The average molecular weight is 497 g/mol. The van der Waals surface area contributed by atoms with Crippen LogP contribution in [0.5, 0.6) is 0 Å². The number of nitrogens with one attached hydrogen (secondary N) is 2. The van der Waals surface area contributed by atoms with Gasteiger partial charge in [-0.1, -0.05) is 5.16 Å². The van der Waals surface area contributed by atoms with E-state index in [2.05, 4.69) is 22.7 Å². The Hall–Kier alpha value is -3.17. The number of pyridine rings is 1. The molecule has 10 nitrogen and oxygen atoms in total. The van der Waals surface area contributed by atoms with Crippen LogP contribution in [0.25, 0.3) is 11.0 Å². The SMILES string of the molecule is CCn1nc(C)c2c(NC3CCC(C(=O)O)CC3)c(C3=NOC4(CCC(NC(C)=O)CC4)C3)cnc21. The molecule has 3 aliphatic rings. The molecule has 3 heterocycles. The lowest BCUT2D eigenvalue weighted by Gasteiger charge is -2.35. The predicted molar refractivity (Wildman–Crippen MR) is 136 cm³/mol. The number of oxime groups is 1. The molecule has 3 N–H and O–H groups in total. The van der Waals surface area contributed by atoms with Crippen molar-refractivity contribution in [3.63, 3.8) is 0 Å². The van der Waals surface area contributed by atoms with Crippen LogP contribution in [-0.4, -0.2) is 55.1 Å². The molecule has 36 heavy (non-hydrogen) atoms. The highest BCUT2D eigenvalue weighted by Crippen LogP contribution is 2.42.